The molecule has 4 aromatic rings. The lowest BCUT2D eigenvalue weighted by atomic mass is 10.1. The third kappa shape index (κ3) is 2.93. The largest absolute Gasteiger partial charge is 0.495 e. The summed E-state index contributed by atoms with van der Waals surface area (Å²) in [4.78, 5) is 8.67. The molecule has 0 amide bonds. The predicted octanol–water partition coefficient (Wildman–Crippen LogP) is 3.07. The molecule has 1 fully saturated rings. The van der Waals surface area contributed by atoms with Crippen LogP contribution in [-0.2, 0) is 0 Å². The zero-order valence-electron chi connectivity index (χ0n) is 15.3. The Labute approximate surface area is 169 Å². The van der Waals surface area contributed by atoms with E-state index in [2.05, 4.69) is 20.3 Å². The molecule has 1 N–H and O–H groups in total. The SMILES string of the molecule is COc1ccc(-n2cc([C@H](O)c3c(C4CC4)ncc4cncn34)nn2)c(F)c1Cl. The lowest BCUT2D eigenvalue weighted by Crippen LogP contribution is -2.11. The van der Waals surface area contributed by atoms with Crippen LogP contribution in [0.2, 0.25) is 5.02 Å². The number of nitrogens with zero attached hydrogens (tertiary/aromatic N) is 6. The van der Waals surface area contributed by atoms with Crippen molar-refractivity contribution in [3.8, 4) is 11.4 Å². The van der Waals surface area contributed by atoms with Crippen LogP contribution in [-0.4, -0.2) is 41.6 Å². The maximum atomic E-state index is 14.6. The lowest BCUT2D eigenvalue weighted by molar-refractivity contribution is 0.206. The Morgan fingerprint density at radius 1 is 1.31 bits per heavy atom. The van der Waals surface area contributed by atoms with Gasteiger partial charge in [0.2, 0.25) is 0 Å². The van der Waals surface area contributed by atoms with Crippen molar-refractivity contribution in [2.45, 2.75) is 24.9 Å². The lowest BCUT2D eigenvalue weighted by Gasteiger charge is -2.15. The molecule has 1 aliphatic rings. The molecule has 8 nitrogen and oxygen atoms in total. The van der Waals surface area contributed by atoms with Crippen LogP contribution in [0.3, 0.4) is 0 Å². The summed E-state index contributed by atoms with van der Waals surface area (Å²) in [6.45, 7) is 0. The van der Waals surface area contributed by atoms with Gasteiger partial charge < -0.3 is 9.84 Å². The van der Waals surface area contributed by atoms with Crippen molar-refractivity contribution in [3.05, 3.63) is 65.0 Å². The van der Waals surface area contributed by atoms with Gasteiger partial charge in [-0.15, -0.1) is 5.10 Å². The molecule has 1 saturated carbocycles. The average Bonchev–Trinajstić information content (AvgIpc) is 3.25. The number of rotatable bonds is 5. The van der Waals surface area contributed by atoms with Crippen molar-refractivity contribution in [2.24, 2.45) is 0 Å². The van der Waals surface area contributed by atoms with Crippen LogP contribution in [0, 0.1) is 5.82 Å². The molecule has 29 heavy (non-hydrogen) atoms. The zero-order valence-corrected chi connectivity index (χ0v) is 16.1. The summed E-state index contributed by atoms with van der Waals surface area (Å²) in [6, 6.07) is 3.03. The van der Waals surface area contributed by atoms with Crippen molar-refractivity contribution >= 4 is 17.1 Å². The number of benzene rings is 1. The second-order valence-corrected chi connectivity index (χ2v) is 7.27. The number of ether oxygens (including phenoxy) is 1. The number of hydrogen-bond acceptors (Lipinski definition) is 6. The average molecular weight is 415 g/mol. The molecule has 3 aromatic heterocycles. The first-order chi connectivity index (χ1) is 14.1. The number of methoxy groups -OCH3 is 1. The monoisotopic (exact) mass is 414 g/mol. The molecule has 10 heteroatoms. The normalized spacial score (nSPS) is 15.0. The van der Waals surface area contributed by atoms with Gasteiger partial charge in [-0.3, -0.25) is 9.38 Å². The smallest absolute Gasteiger partial charge is 0.171 e. The summed E-state index contributed by atoms with van der Waals surface area (Å²) >= 11 is 6.00. The van der Waals surface area contributed by atoms with E-state index >= 15 is 0 Å². The molecule has 0 spiro atoms. The number of hydrogen-bond donors (Lipinski definition) is 1. The Balaban J connectivity index is 1.57. The second kappa shape index (κ2) is 6.78. The minimum atomic E-state index is -1.10. The molecule has 0 saturated heterocycles. The van der Waals surface area contributed by atoms with E-state index in [0.717, 1.165) is 24.1 Å². The van der Waals surface area contributed by atoms with Crippen LogP contribution in [0.4, 0.5) is 4.39 Å². The molecule has 0 radical (unpaired) electrons. The highest BCUT2D eigenvalue weighted by atomic mass is 35.5. The summed E-state index contributed by atoms with van der Waals surface area (Å²) in [7, 11) is 1.41. The summed E-state index contributed by atoms with van der Waals surface area (Å²) < 4.78 is 22.7. The van der Waals surface area contributed by atoms with Crippen LogP contribution in [0.5, 0.6) is 5.75 Å². The van der Waals surface area contributed by atoms with E-state index in [1.54, 1.807) is 29.2 Å². The molecule has 0 aliphatic heterocycles. The number of fused-ring (bicyclic) bond motifs is 1. The van der Waals surface area contributed by atoms with Gasteiger partial charge in [-0.2, -0.15) is 0 Å². The van der Waals surface area contributed by atoms with E-state index in [9.17, 15) is 9.50 Å². The Kier molecular flexibility index (Phi) is 4.21. The second-order valence-electron chi connectivity index (χ2n) is 6.90. The maximum absolute atomic E-state index is 14.6. The van der Waals surface area contributed by atoms with E-state index in [-0.39, 0.29) is 22.2 Å². The molecule has 5 rings (SSSR count). The van der Waals surface area contributed by atoms with Gasteiger partial charge in [-0.25, -0.2) is 14.1 Å². The van der Waals surface area contributed by atoms with E-state index in [1.807, 2.05) is 0 Å². The summed E-state index contributed by atoms with van der Waals surface area (Å²) in [6.07, 6.45) is 7.47. The Morgan fingerprint density at radius 2 is 2.14 bits per heavy atom. The van der Waals surface area contributed by atoms with Crippen LogP contribution in [0.1, 0.15) is 41.9 Å². The highest BCUT2D eigenvalue weighted by Gasteiger charge is 2.32. The highest BCUT2D eigenvalue weighted by molar-refractivity contribution is 6.32. The highest BCUT2D eigenvalue weighted by Crippen LogP contribution is 2.42. The van der Waals surface area contributed by atoms with Crippen molar-refractivity contribution in [2.75, 3.05) is 7.11 Å². The number of aromatic nitrogens is 6. The van der Waals surface area contributed by atoms with Crippen LogP contribution < -0.4 is 4.74 Å². The fourth-order valence-electron chi connectivity index (χ4n) is 3.39. The Morgan fingerprint density at radius 3 is 2.90 bits per heavy atom. The van der Waals surface area contributed by atoms with Gasteiger partial charge in [0.1, 0.15) is 28.3 Å². The van der Waals surface area contributed by atoms with Gasteiger partial charge >= 0.3 is 0 Å². The minimum absolute atomic E-state index is 0.100. The van der Waals surface area contributed by atoms with Gasteiger partial charge in [-0.1, -0.05) is 16.8 Å². The van der Waals surface area contributed by atoms with E-state index in [0.29, 0.717) is 11.6 Å². The minimum Gasteiger partial charge on any atom is -0.495 e. The maximum Gasteiger partial charge on any atom is 0.171 e. The van der Waals surface area contributed by atoms with Crippen molar-refractivity contribution in [1.82, 2.24) is 29.4 Å². The standard InChI is InChI=1S/C19H16ClFN6O2/c1-29-14-5-4-13(16(21)15(14)20)27-8-12(24-25-27)19(28)18-17(10-2-3-10)23-7-11-6-22-9-26(11)18/h4-10,19,28H,2-3H2,1H3/t19-/m0/s1. The van der Waals surface area contributed by atoms with Gasteiger partial charge in [0.15, 0.2) is 5.82 Å². The molecule has 3 heterocycles. The molecule has 1 aromatic carbocycles. The third-order valence-corrected chi connectivity index (χ3v) is 5.38. The van der Waals surface area contributed by atoms with Gasteiger partial charge in [0.25, 0.3) is 0 Å². The Bertz CT molecular complexity index is 1220. The first-order valence-electron chi connectivity index (χ1n) is 9.02. The predicted molar refractivity (Wildman–Crippen MR) is 102 cm³/mol. The van der Waals surface area contributed by atoms with Crippen molar-refractivity contribution in [3.63, 3.8) is 0 Å². The van der Waals surface area contributed by atoms with Crippen LogP contribution in [0.25, 0.3) is 11.2 Å². The Hall–Kier alpha value is -3.04. The first kappa shape index (κ1) is 18.0. The summed E-state index contributed by atoms with van der Waals surface area (Å²) in [5.74, 6) is -0.159. The number of aliphatic hydroxyl groups is 1. The summed E-state index contributed by atoms with van der Waals surface area (Å²) in [5, 5.41) is 19.0. The fraction of sp³-hybridized carbons (Fsp3) is 0.263. The third-order valence-electron chi connectivity index (χ3n) is 5.03. The van der Waals surface area contributed by atoms with Gasteiger partial charge in [-0.05, 0) is 25.0 Å². The van der Waals surface area contributed by atoms with E-state index < -0.39 is 11.9 Å². The molecular weight excluding hydrogens is 399 g/mol. The molecule has 1 atom stereocenters. The molecule has 0 bridgehead atoms. The van der Waals surface area contributed by atoms with Crippen LogP contribution >= 0.6 is 11.6 Å². The van der Waals surface area contributed by atoms with Crippen LogP contribution in [0.15, 0.2) is 37.1 Å². The molecule has 148 valence electrons. The number of halogens is 2. The molecule has 1 aliphatic carbocycles. The molecular formula is C19H16ClFN6O2. The fourth-order valence-corrected chi connectivity index (χ4v) is 3.62. The summed E-state index contributed by atoms with van der Waals surface area (Å²) in [5.41, 5.74) is 2.55. The van der Waals surface area contributed by atoms with Gasteiger partial charge in [0, 0.05) is 5.92 Å². The van der Waals surface area contributed by atoms with Gasteiger partial charge in [0.05, 0.1) is 48.9 Å². The van der Waals surface area contributed by atoms with E-state index in [4.69, 9.17) is 16.3 Å². The quantitative estimate of drug-likeness (QED) is 0.539. The van der Waals surface area contributed by atoms with Crippen molar-refractivity contribution in [1.29, 1.82) is 0 Å². The molecule has 0 unspecified atom stereocenters. The zero-order chi connectivity index (χ0) is 20.1. The number of imidazole rings is 1. The van der Waals surface area contributed by atoms with E-state index in [1.165, 1.54) is 24.1 Å². The number of aliphatic hydroxyl groups excluding tert-OH is 1. The first-order valence-corrected chi connectivity index (χ1v) is 9.39. The topological polar surface area (TPSA) is 90.4 Å². The van der Waals surface area contributed by atoms with Crippen molar-refractivity contribution < 1.29 is 14.2 Å².